The van der Waals surface area contributed by atoms with E-state index in [-0.39, 0.29) is 11.8 Å². The molecule has 28 heavy (non-hydrogen) atoms. The van der Waals surface area contributed by atoms with E-state index in [0.29, 0.717) is 10.2 Å². The zero-order valence-corrected chi connectivity index (χ0v) is 17.5. The van der Waals surface area contributed by atoms with Crippen molar-refractivity contribution in [3.63, 3.8) is 0 Å². The minimum atomic E-state index is 0.0486. The minimum absolute atomic E-state index is 0.0486. The molecule has 0 bridgehead atoms. The molecule has 0 aliphatic carbocycles. The van der Waals surface area contributed by atoms with Crippen molar-refractivity contribution in [2.24, 2.45) is 5.92 Å². The van der Waals surface area contributed by atoms with Crippen molar-refractivity contribution in [2.45, 2.75) is 40.3 Å². The summed E-state index contributed by atoms with van der Waals surface area (Å²) in [6.45, 7) is 8.66. The summed E-state index contributed by atoms with van der Waals surface area (Å²) in [7, 11) is 0. The van der Waals surface area contributed by atoms with Crippen molar-refractivity contribution >= 4 is 23.8 Å². The summed E-state index contributed by atoms with van der Waals surface area (Å²) in [4.78, 5) is 13.9. The lowest BCUT2D eigenvalue weighted by molar-refractivity contribution is -0.928. The van der Waals surface area contributed by atoms with Crippen molar-refractivity contribution in [3.8, 4) is 6.07 Å². The van der Waals surface area contributed by atoms with Gasteiger partial charge in [-0.05, 0) is 44.0 Å². The van der Waals surface area contributed by atoms with Crippen LogP contribution < -0.4 is 10.2 Å². The van der Waals surface area contributed by atoms with Gasteiger partial charge < -0.3 is 10.2 Å². The van der Waals surface area contributed by atoms with Crippen molar-refractivity contribution in [2.75, 3.05) is 18.4 Å². The number of amides is 1. The third-order valence-electron chi connectivity index (χ3n) is 5.94. The van der Waals surface area contributed by atoms with Crippen LogP contribution in [-0.2, 0) is 11.5 Å². The van der Waals surface area contributed by atoms with E-state index in [9.17, 15) is 10.1 Å². The molecule has 0 saturated carbocycles. The van der Waals surface area contributed by atoms with E-state index in [1.807, 2.05) is 44.2 Å². The van der Waals surface area contributed by atoms with Gasteiger partial charge in [0.05, 0.1) is 18.7 Å². The molecule has 1 aliphatic rings. The van der Waals surface area contributed by atoms with Gasteiger partial charge in [0, 0.05) is 30.1 Å². The number of nitriles is 1. The number of hydrogen-bond acceptors (Lipinski definition) is 3. The molecule has 2 heterocycles. The van der Waals surface area contributed by atoms with E-state index in [0.717, 1.165) is 55.1 Å². The second kappa shape index (κ2) is 8.68. The maximum Gasteiger partial charge on any atom is 0.227 e. The van der Waals surface area contributed by atoms with Crippen LogP contribution >= 0.6 is 12.2 Å². The Morgan fingerprint density at radius 2 is 1.86 bits per heavy atom. The summed E-state index contributed by atoms with van der Waals surface area (Å²) in [5.74, 6) is 0.156. The molecule has 0 spiro atoms. The lowest BCUT2D eigenvalue weighted by Crippen LogP contribution is -3.12. The SMILES string of the molecule is Cc1c(C)c(C)n(C[NH+]2CCC(C(=O)Nc3ccccc3)CC2)c(=S)c1C#N. The maximum absolute atomic E-state index is 12.5. The van der Waals surface area contributed by atoms with E-state index in [4.69, 9.17) is 12.2 Å². The second-order valence-electron chi connectivity index (χ2n) is 7.59. The molecule has 0 unspecified atom stereocenters. The monoisotopic (exact) mass is 395 g/mol. The summed E-state index contributed by atoms with van der Waals surface area (Å²) >= 11 is 5.59. The molecule has 5 nitrogen and oxygen atoms in total. The Kier molecular flexibility index (Phi) is 6.28. The molecular formula is C22H27N4OS+. The molecular weight excluding hydrogens is 368 g/mol. The van der Waals surface area contributed by atoms with Crippen molar-refractivity contribution in [3.05, 3.63) is 57.4 Å². The molecule has 6 heteroatoms. The number of piperidine rings is 1. The minimum Gasteiger partial charge on any atom is -0.326 e. The lowest BCUT2D eigenvalue weighted by Gasteiger charge is -2.30. The predicted molar refractivity (Wildman–Crippen MR) is 113 cm³/mol. The molecule has 1 saturated heterocycles. The fourth-order valence-corrected chi connectivity index (χ4v) is 4.27. The average Bonchev–Trinajstić information content (AvgIpc) is 2.71. The highest BCUT2D eigenvalue weighted by molar-refractivity contribution is 7.71. The van der Waals surface area contributed by atoms with E-state index >= 15 is 0 Å². The smallest absolute Gasteiger partial charge is 0.227 e. The number of quaternary nitrogens is 1. The number of nitrogens with zero attached hydrogens (tertiary/aromatic N) is 2. The molecule has 3 rings (SSSR count). The first-order chi connectivity index (χ1) is 13.4. The molecule has 1 aliphatic heterocycles. The highest BCUT2D eigenvalue weighted by Crippen LogP contribution is 2.19. The van der Waals surface area contributed by atoms with Gasteiger partial charge in [0.25, 0.3) is 0 Å². The van der Waals surface area contributed by atoms with Gasteiger partial charge in [0.1, 0.15) is 10.7 Å². The number of carbonyl (C=O) groups excluding carboxylic acids is 1. The second-order valence-corrected chi connectivity index (χ2v) is 7.98. The number of para-hydroxylation sites is 1. The molecule has 1 aromatic heterocycles. The van der Waals surface area contributed by atoms with Crippen molar-refractivity contribution in [1.29, 1.82) is 5.26 Å². The van der Waals surface area contributed by atoms with Crippen LogP contribution in [-0.4, -0.2) is 23.6 Å². The topological polar surface area (TPSA) is 62.3 Å². The van der Waals surface area contributed by atoms with Crippen LogP contribution in [0.15, 0.2) is 30.3 Å². The number of rotatable bonds is 4. The van der Waals surface area contributed by atoms with Gasteiger partial charge in [0.15, 0.2) is 6.67 Å². The number of carbonyl (C=O) groups is 1. The third kappa shape index (κ3) is 4.16. The molecule has 146 valence electrons. The summed E-state index contributed by atoms with van der Waals surface area (Å²) in [5.41, 5.74) is 4.69. The highest BCUT2D eigenvalue weighted by Gasteiger charge is 2.28. The number of nitrogens with one attached hydrogen (secondary N) is 2. The van der Waals surface area contributed by atoms with E-state index in [2.05, 4.69) is 22.9 Å². The number of pyridine rings is 1. The van der Waals surface area contributed by atoms with Crippen molar-refractivity contribution in [1.82, 2.24) is 4.57 Å². The summed E-state index contributed by atoms with van der Waals surface area (Å²) < 4.78 is 2.72. The van der Waals surface area contributed by atoms with Gasteiger partial charge in [0.2, 0.25) is 5.91 Å². The van der Waals surface area contributed by atoms with E-state index < -0.39 is 0 Å². The fourth-order valence-electron chi connectivity index (χ4n) is 3.87. The number of hydrogen-bond donors (Lipinski definition) is 2. The normalized spacial score (nSPS) is 19.1. The van der Waals surface area contributed by atoms with Crippen molar-refractivity contribution < 1.29 is 9.69 Å². The van der Waals surface area contributed by atoms with Crippen LogP contribution in [0.3, 0.4) is 0 Å². The Morgan fingerprint density at radius 1 is 1.21 bits per heavy atom. The van der Waals surface area contributed by atoms with Crippen LogP contribution in [0.4, 0.5) is 5.69 Å². The van der Waals surface area contributed by atoms with Crippen LogP contribution in [0.5, 0.6) is 0 Å². The Bertz CT molecular complexity index is 967. The zero-order chi connectivity index (χ0) is 20.3. The Labute approximate surface area is 171 Å². The molecule has 2 N–H and O–H groups in total. The third-order valence-corrected chi connectivity index (χ3v) is 6.37. The molecule has 1 aromatic carbocycles. The summed E-state index contributed by atoms with van der Waals surface area (Å²) in [5, 5.41) is 12.5. The summed E-state index contributed by atoms with van der Waals surface area (Å²) in [6.07, 6.45) is 1.71. The lowest BCUT2D eigenvalue weighted by atomic mass is 9.96. The molecule has 0 radical (unpaired) electrons. The summed E-state index contributed by atoms with van der Waals surface area (Å²) in [6, 6.07) is 11.9. The average molecular weight is 396 g/mol. The van der Waals surface area contributed by atoms with E-state index in [1.54, 1.807) is 0 Å². The first kappa shape index (κ1) is 20.2. The number of anilines is 1. The van der Waals surface area contributed by atoms with Gasteiger partial charge >= 0.3 is 0 Å². The highest BCUT2D eigenvalue weighted by atomic mass is 32.1. The largest absolute Gasteiger partial charge is 0.326 e. The fraction of sp³-hybridized carbons (Fsp3) is 0.409. The number of aromatic nitrogens is 1. The standard InChI is InChI=1S/C22H26N4OS/c1-15-16(2)20(13-23)22(28)26(17(15)3)14-25-11-9-18(10-12-25)21(27)24-19-7-5-4-6-8-19/h4-8,18H,9-12,14H2,1-3H3,(H,24,27)/p+1. The Hall–Kier alpha value is -2.49. The zero-order valence-electron chi connectivity index (χ0n) is 16.7. The van der Waals surface area contributed by atoms with Gasteiger partial charge in [-0.1, -0.05) is 30.4 Å². The number of likely N-dealkylation sites (tertiary alicyclic amines) is 1. The number of benzene rings is 1. The van der Waals surface area contributed by atoms with Gasteiger partial charge in [-0.15, -0.1) is 0 Å². The quantitative estimate of drug-likeness (QED) is 0.783. The predicted octanol–water partition coefficient (Wildman–Crippen LogP) is 2.91. The molecule has 0 atom stereocenters. The first-order valence-electron chi connectivity index (χ1n) is 9.72. The Morgan fingerprint density at radius 3 is 2.46 bits per heavy atom. The molecule has 1 amide bonds. The molecule has 1 fully saturated rings. The van der Waals surface area contributed by atoms with Crippen LogP contribution in [0, 0.1) is 42.7 Å². The van der Waals surface area contributed by atoms with Gasteiger partial charge in [-0.2, -0.15) is 5.26 Å². The molecule has 2 aromatic rings. The van der Waals surface area contributed by atoms with Crippen LogP contribution in [0.25, 0.3) is 0 Å². The van der Waals surface area contributed by atoms with Crippen LogP contribution in [0.2, 0.25) is 0 Å². The van der Waals surface area contributed by atoms with Gasteiger partial charge in [-0.3, -0.25) is 9.36 Å². The van der Waals surface area contributed by atoms with Crippen LogP contribution in [0.1, 0.15) is 35.2 Å². The van der Waals surface area contributed by atoms with E-state index in [1.165, 1.54) is 4.90 Å². The van der Waals surface area contributed by atoms with Gasteiger partial charge in [-0.25, -0.2) is 0 Å². The Balaban J connectivity index is 1.65. The maximum atomic E-state index is 12.5. The first-order valence-corrected chi connectivity index (χ1v) is 10.1.